The fraction of sp³-hybridized carbons (Fsp3) is 0.625. The van der Waals surface area contributed by atoms with Gasteiger partial charge in [-0.05, 0) is 56.5 Å². The monoisotopic (exact) mass is 282 g/mol. The number of aryl methyl sites for hydroxylation is 1. The fourth-order valence-electron chi connectivity index (χ4n) is 2.68. The summed E-state index contributed by atoms with van der Waals surface area (Å²) in [6.45, 7) is 9.52. The predicted octanol–water partition coefficient (Wildman–Crippen LogP) is 4.01. The maximum absolute atomic E-state index is 6.03. The highest BCUT2D eigenvalue weighted by Crippen LogP contribution is 2.27. The number of rotatable bonds is 6. The molecule has 0 aliphatic heterocycles. The molecular formula is C16H27ClN2. The summed E-state index contributed by atoms with van der Waals surface area (Å²) in [5.74, 6) is 0.696. The molecule has 2 N–H and O–H groups in total. The van der Waals surface area contributed by atoms with Gasteiger partial charge in [0.1, 0.15) is 0 Å². The highest BCUT2D eigenvalue weighted by Gasteiger charge is 2.22. The third-order valence-corrected chi connectivity index (χ3v) is 4.05. The van der Waals surface area contributed by atoms with Gasteiger partial charge in [-0.1, -0.05) is 31.5 Å². The molecule has 3 heteroatoms. The van der Waals surface area contributed by atoms with Crippen molar-refractivity contribution in [3.05, 3.63) is 34.3 Å². The summed E-state index contributed by atoms with van der Waals surface area (Å²) in [5, 5.41) is 0.787. The standard InChI is InChI=1S/C16H27ClN2/c1-11(2)8-13(4)19(5)16(10-18)15-7-6-14(17)9-12(15)3/h6-7,9,11,13,16H,8,10,18H2,1-5H3. The van der Waals surface area contributed by atoms with Crippen LogP contribution in [0.2, 0.25) is 5.02 Å². The Labute approximate surface area is 122 Å². The van der Waals surface area contributed by atoms with Crippen LogP contribution in [0.5, 0.6) is 0 Å². The average Bonchev–Trinajstić information content (AvgIpc) is 2.31. The van der Waals surface area contributed by atoms with Gasteiger partial charge in [-0.2, -0.15) is 0 Å². The van der Waals surface area contributed by atoms with E-state index in [1.165, 1.54) is 17.5 Å². The van der Waals surface area contributed by atoms with Crippen LogP contribution in [0.3, 0.4) is 0 Å². The Bertz CT molecular complexity index is 404. The Balaban J connectivity index is 2.93. The third-order valence-electron chi connectivity index (χ3n) is 3.81. The Kier molecular flexibility index (Phi) is 6.31. The lowest BCUT2D eigenvalue weighted by atomic mass is 9.97. The van der Waals surface area contributed by atoms with E-state index in [4.69, 9.17) is 17.3 Å². The van der Waals surface area contributed by atoms with Gasteiger partial charge < -0.3 is 5.73 Å². The lowest BCUT2D eigenvalue weighted by Crippen LogP contribution is -2.38. The first-order valence-electron chi connectivity index (χ1n) is 7.04. The molecule has 0 aliphatic carbocycles. The SMILES string of the molecule is Cc1cc(Cl)ccc1C(CN)N(C)C(C)CC(C)C. The van der Waals surface area contributed by atoms with Gasteiger partial charge in [0, 0.05) is 23.7 Å². The van der Waals surface area contributed by atoms with E-state index in [9.17, 15) is 0 Å². The van der Waals surface area contributed by atoms with E-state index >= 15 is 0 Å². The lowest BCUT2D eigenvalue weighted by Gasteiger charge is -2.34. The Morgan fingerprint density at radius 3 is 2.37 bits per heavy atom. The summed E-state index contributed by atoms with van der Waals surface area (Å²) in [6, 6.07) is 6.84. The molecule has 2 atom stereocenters. The molecule has 1 aromatic rings. The van der Waals surface area contributed by atoms with Crippen LogP contribution in [-0.4, -0.2) is 24.5 Å². The highest BCUT2D eigenvalue weighted by atomic mass is 35.5. The van der Waals surface area contributed by atoms with Crippen LogP contribution in [0.15, 0.2) is 18.2 Å². The number of benzene rings is 1. The summed E-state index contributed by atoms with van der Waals surface area (Å²) < 4.78 is 0. The normalized spacial score (nSPS) is 15.0. The predicted molar refractivity (Wildman–Crippen MR) is 84.7 cm³/mol. The van der Waals surface area contributed by atoms with Crippen molar-refractivity contribution in [2.75, 3.05) is 13.6 Å². The van der Waals surface area contributed by atoms with Crippen molar-refractivity contribution < 1.29 is 0 Å². The lowest BCUT2D eigenvalue weighted by molar-refractivity contribution is 0.168. The summed E-state index contributed by atoms with van der Waals surface area (Å²) in [6.07, 6.45) is 1.18. The summed E-state index contributed by atoms with van der Waals surface area (Å²) in [7, 11) is 2.17. The van der Waals surface area contributed by atoms with Gasteiger partial charge in [-0.3, -0.25) is 4.90 Å². The van der Waals surface area contributed by atoms with E-state index < -0.39 is 0 Å². The largest absolute Gasteiger partial charge is 0.329 e. The van der Waals surface area contributed by atoms with Crippen LogP contribution in [-0.2, 0) is 0 Å². The first kappa shape index (κ1) is 16.5. The maximum Gasteiger partial charge on any atom is 0.0472 e. The number of nitrogens with two attached hydrogens (primary N) is 1. The van der Waals surface area contributed by atoms with Crippen LogP contribution in [0.4, 0.5) is 0 Å². The summed E-state index contributed by atoms with van der Waals surface area (Å²) >= 11 is 6.03. The minimum absolute atomic E-state index is 0.256. The number of halogens is 1. The third kappa shape index (κ3) is 4.48. The van der Waals surface area contributed by atoms with E-state index in [-0.39, 0.29) is 6.04 Å². The minimum atomic E-state index is 0.256. The average molecular weight is 283 g/mol. The molecule has 0 saturated heterocycles. The van der Waals surface area contributed by atoms with Gasteiger partial charge in [0.05, 0.1) is 0 Å². The quantitative estimate of drug-likeness (QED) is 0.854. The van der Waals surface area contributed by atoms with Gasteiger partial charge in [0.15, 0.2) is 0 Å². The highest BCUT2D eigenvalue weighted by molar-refractivity contribution is 6.30. The maximum atomic E-state index is 6.03. The van der Waals surface area contributed by atoms with Gasteiger partial charge >= 0.3 is 0 Å². The summed E-state index contributed by atoms with van der Waals surface area (Å²) in [4.78, 5) is 2.39. The molecular weight excluding hydrogens is 256 g/mol. The minimum Gasteiger partial charge on any atom is -0.329 e. The van der Waals surface area contributed by atoms with Gasteiger partial charge in [-0.15, -0.1) is 0 Å². The van der Waals surface area contributed by atoms with Crippen molar-refractivity contribution >= 4 is 11.6 Å². The van der Waals surface area contributed by atoms with Crippen LogP contribution in [0.1, 0.15) is 44.4 Å². The number of likely N-dealkylation sites (N-methyl/N-ethyl adjacent to an activating group) is 1. The van der Waals surface area contributed by atoms with E-state index in [1.54, 1.807) is 0 Å². The first-order chi connectivity index (χ1) is 8.86. The van der Waals surface area contributed by atoms with Crippen LogP contribution < -0.4 is 5.73 Å². The molecule has 108 valence electrons. The molecule has 0 bridgehead atoms. The molecule has 0 aromatic heterocycles. The molecule has 0 radical (unpaired) electrons. The van der Waals surface area contributed by atoms with E-state index in [0.29, 0.717) is 18.5 Å². The second-order valence-electron chi connectivity index (χ2n) is 5.90. The zero-order valence-electron chi connectivity index (χ0n) is 12.8. The van der Waals surface area contributed by atoms with Crippen LogP contribution >= 0.6 is 11.6 Å². The number of nitrogens with zero attached hydrogens (tertiary/aromatic N) is 1. The smallest absolute Gasteiger partial charge is 0.0472 e. The number of hydrogen-bond donors (Lipinski definition) is 1. The van der Waals surface area contributed by atoms with Gasteiger partial charge in [0.2, 0.25) is 0 Å². The Morgan fingerprint density at radius 1 is 1.26 bits per heavy atom. The molecule has 2 nitrogen and oxygen atoms in total. The number of hydrogen-bond acceptors (Lipinski definition) is 2. The molecule has 0 saturated carbocycles. The van der Waals surface area contributed by atoms with Gasteiger partial charge in [0.25, 0.3) is 0 Å². The van der Waals surface area contributed by atoms with Crippen molar-refractivity contribution in [1.82, 2.24) is 4.90 Å². The molecule has 0 heterocycles. The topological polar surface area (TPSA) is 29.3 Å². The second-order valence-corrected chi connectivity index (χ2v) is 6.33. The molecule has 2 unspecified atom stereocenters. The Hall–Kier alpha value is -0.570. The van der Waals surface area contributed by atoms with E-state index in [0.717, 1.165) is 5.02 Å². The fourth-order valence-corrected chi connectivity index (χ4v) is 2.91. The molecule has 0 fully saturated rings. The summed E-state index contributed by atoms with van der Waals surface area (Å²) in [5.41, 5.74) is 8.50. The van der Waals surface area contributed by atoms with Crippen LogP contribution in [0.25, 0.3) is 0 Å². The van der Waals surface area contributed by atoms with Crippen molar-refractivity contribution in [2.24, 2.45) is 11.7 Å². The Morgan fingerprint density at radius 2 is 1.89 bits per heavy atom. The van der Waals surface area contributed by atoms with E-state index in [1.807, 2.05) is 12.1 Å². The molecule has 0 spiro atoms. The molecule has 1 aromatic carbocycles. The van der Waals surface area contributed by atoms with Crippen molar-refractivity contribution in [3.63, 3.8) is 0 Å². The van der Waals surface area contributed by atoms with E-state index in [2.05, 4.69) is 45.7 Å². The van der Waals surface area contributed by atoms with Crippen LogP contribution in [0, 0.1) is 12.8 Å². The zero-order valence-corrected chi connectivity index (χ0v) is 13.5. The zero-order chi connectivity index (χ0) is 14.6. The molecule has 0 aliphatic rings. The van der Waals surface area contributed by atoms with Crippen molar-refractivity contribution in [2.45, 2.75) is 46.2 Å². The molecule has 0 amide bonds. The van der Waals surface area contributed by atoms with Crippen molar-refractivity contribution in [1.29, 1.82) is 0 Å². The van der Waals surface area contributed by atoms with Crippen molar-refractivity contribution in [3.8, 4) is 0 Å². The first-order valence-corrected chi connectivity index (χ1v) is 7.42. The second kappa shape index (κ2) is 7.28. The molecule has 1 rings (SSSR count). The van der Waals surface area contributed by atoms with Gasteiger partial charge in [-0.25, -0.2) is 0 Å². The molecule has 19 heavy (non-hydrogen) atoms.